The van der Waals surface area contributed by atoms with E-state index in [2.05, 4.69) is 49.3 Å². The molecule has 5 nitrogen and oxygen atoms in total. The van der Waals surface area contributed by atoms with Gasteiger partial charge in [-0.1, -0.05) is 22.9 Å². The molecule has 0 bridgehead atoms. The van der Waals surface area contributed by atoms with Gasteiger partial charge in [0.25, 0.3) is 0 Å². The van der Waals surface area contributed by atoms with Crippen molar-refractivity contribution < 1.29 is 13.9 Å². The molecule has 0 aliphatic rings. The minimum atomic E-state index is -0.408. The number of nitrogens with one attached hydrogen (secondary N) is 1. The molecular formula is C20H18Br2N2O3. The van der Waals surface area contributed by atoms with E-state index in [1.165, 1.54) is 0 Å². The molecule has 0 saturated carbocycles. The van der Waals surface area contributed by atoms with E-state index in [9.17, 15) is 4.79 Å². The van der Waals surface area contributed by atoms with Crippen LogP contribution in [0, 0.1) is 0 Å². The number of amides is 1. The number of furan rings is 1. The second-order valence-corrected chi connectivity index (χ2v) is 7.79. The summed E-state index contributed by atoms with van der Waals surface area (Å²) in [6.07, 6.45) is 2.64. The first-order valence-electron chi connectivity index (χ1n) is 8.45. The molecule has 0 aliphatic carbocycles. The number of ether oxygens (including phenoxy) is 1. The summed E-state index contributed by atoms with van der Waals surface area (Å²) in [5.74, 6) is 0.576. The van der Waals surface area contributed by atoms with Crippen molar-refractivity contribution >= 4 is 55.0 Å². The van der Waals surface area contributed by atoms with Crippen LogP contribution in [0.2, 0.25) is 0 Å². The number of rotatable bonds is 6. The lowest BCUT2D eigenvalue weighted by atomic mass is 10.2. The Hall–Kier alpha value is -2.12. The fraction of sp³-hybridized carbons (Fsp3) is 0.200. The van der Waals surface area contributed by atoms with E-state index < -0.39 is 5.91 Å². The predicted octanol–water partition coefficient (Wildman–Crippen LogP) is 5.90. The van der Waals surface area contributed by atoms with Gasteiger partial charge in [0.1, 0.15) is 11.3 Å². The Morgan fingerprint density at radius 2 is 2.07 bits per heavy atom. The van der Waals surface area contributed by atoms with E-state index in [1.807, 2.05) is 37.3 Å². The standard InChI is InChI=1S/C20H18Br2N2O3/c1-3-12(2)26-18-6-4-13(8-16(18)22)11-23-24-20(25)19-10-14-9-15(21)5-7-17(14)27-19/h4-12H,3H2,1-2H3,(H,24,25)/b23-11+/t12-/m0/s1. The molecule has 0 unspecified atom stereocenters. The average Bonchev–Trinajstić information content (AvgIpc) is 3.07. The normalized spacial score (nSPS) is 12.4. The maximum atomic E-state index is 12.2. The molecule has 27 heavy (non-hydrogen) atoms. The SMILES string of the molecule is CC[C@H](C)Oc1ccc(/C=N/NC(=O)c2cc3cc(Br)ccc3o2)cc1Br. The second-order valence-electron chi connectivity index (χ2n) is 6.02. The number of hydrogen-bond acceptors (Lipinski definition) is 4. The van der Waals surface area contributed by atoms with Gasteiger partial charge >= 0.3 is 5.91 Å². The highest BCUT2D eigenvalue weighted by Gasteiger charge is 2.12. The predicted molar refractivity (Wildman–Crippen MR) is 113 cm³/mol. The first kappa shape index (κ1) is 19.6. The van der Waals surface area contributed by atoms with Crippen LogP contribution in [-0.4, -0.2) is 18.2 Å². The Labute approximate surface area is 174 Å². The Balaban J connectivity index is 1.65. The summed E-state index contributed by atoms with van der Waals surface area (Å²) in [7, 11) is 0. The van der Waals surface area contributed by atoms with Crippen LogP contribution in [0.25, 0.3) is 11.0 Å². The molecule has 1 aromatic heterocycles. The number of benzene rings is 2. The molecule has 1 heterocycles. The van der Waals surface area contributed by atoms with Gasteiger partial charge in [-0.05, 0) is 77.3 Å². The molecule has 1 atom stereocenters. The molecule has 0 spiro atoms. The van der Waals surface area contributed by atoms with Crippen molar-refractivity contribution in [2.45, 2.75) is 26.4 Å². The zero-order valence-corrected chi connectivity index (χ0v) is 18.0. The van der Waals surface area contributed by atoms with Crippen LogP contribution < -0.4 is 10.2 Å². The Kier molecular flexibility index (Phi) is 6.34. The highest BCUT2D eigenvalue weighted by Crippen LogP contribution is 2.27. The van der Waals surface area contributed by atoms with Crippen molar-refractivity contribution in [3.05, 3.63) is 62.7 Å². The summed E-state index contributed by atoms with van der Waals surface area (Å²) in [5.41, 5.74) is 3.95. The fourth-order valence-electron chi connectivity index (χ4n) is 2.34. The number of nitrogens with zero attached hydrogens (tertiary/aromatic N) is 1. The summed E-state index contributed by atoms with van der Waals surface area (Å²) in [4.78, 5) is 12.2. The molecule has 0 fully saturated rings. The van der Waals surface area contributed by atoms with Gasteiger partial charge in [-0.3, -0.25) is 4.79 Å². The van der Waals surface area contributed by atoms with E-state index in [0.717, 1.165) is 32.1 Å². The Morgan fingerprint density at radius 1 is 1.26 bits per heavy atom. The van der Waals surface area contributed by atoms with Crippen LogP contribution in [0.5, 0.6) is 5.75 Å². The summed E-state index contributed by atoms with van der Waals surface area (Å²) >= 11 is 6.89. The summed E-state index contributed by atoms with van der Waals surface area (Å²) in [5, 5.41) is 4.84. The molecule has 1 amide bonds. The summed E-state index contributed by atoms with van der Waals surface area (Å²) in [6, 6.07) is 12.9. The highest BCUT2D eigenvalue weighted by atomic mass is 79.9. The molecule has 2 aromatic carbocycles. The molecule has 3 rings (SSSR count). The summed E-state index contributed by atoms with van der Waals surface area (Å²) in [6.45, 7) is 4.09. The molecule has 0 saturated heterocycles. The van der Waals surface area contributed by atoms with Crippen LogP contribution in [0.3, 0.4) is 0 Å². The van der Waals surface area contributed by atoms with E-state index in [0.29, 0.717) is 5.58 Å². The van der Waals surface area contributed by atoms with Crippen molar-refractivity contribution in [3.8, 4) is 5.75 Å². The van der Waals surface area contributed by atoms with E-state index in [4.69, 9.17) is 9.15 Å². The number of hydrazone groups is 1. The van der Waals surface area contributed by atoms with Crippen LogP contribution in [0.15, 0.2) is 60.9 Å². The van der Waals surface area contributed by atoms with E-state index in [1.54, 1.807) is 18.3 Å². The molecule has 1 N–H and O–H groups in total. The quantitative estimate of drug-likeness (QED) is 0.343. The molecule has 0 radical (unpaired) electrons. The van der Waals surface area contributed by atoms with Gasteiger partial charge in [0.15, 0.2) is 5.76 Å². The van der Waals surface area contributed by atoms with Crippen LogP contribution >= 0.6 is 31.9 Å². The van der Waals surface area contributed by atoms with Gasteiger partial charge in [-0.15, -0.1) is 0 Å². The third-order valence-electron chi connectivity index (χ3n) is 3.94. The number of fused-ring (bicyclic) bond motifs is 1. The maximum absolute atomic E-state index is 12.2. The lowest BCUT2D eigenvalue weighted by Crippen LogP contribution is -2.16. The third-order valence-corrected chi connectivity index (χ3v) is 5.05. The molecule has 0 aliphatic heterocycles. The zero-order chi connectivity index (χ0) is 19.4. The number of hydrogen-bond donors (Lipinski definition) is 1. The number of carbonyl (C=O) groups is 1. The number of carbonyl (C=O) groups excluding carboxylic acids is 1. The monoisotopic (exact) mass is 492 g/mol. The third kappa shape index (κ3) is 4.99. The van der Waals surface area contributed by atoms with Gasteiger partial charge in [-0.25, -0.2) is 5.43 Å². The maximum Gasteiger partial charge on any atom is 0.307 e. The minimum Gasteiger partial charge on any atom is -0.490 e. The molecule has 140 valence electrons. The zero-order valence-electron chi connectivity index (χ0n) is 14.8. The van der Waals surface area contributed by atoms with Gasteiger partial charge in [0, 0.05) is 9.86 Å². The van der Waals surface area contributed by atoms with Crippen LogP contribution in [-0.2, 0) is 0 Å². The van der Waals surface area contributed by atoms with Crippen molar-refractivity contribution in [1.82, 2.24) is 5.43 Å². The van der Waals surface area contributed by atoms with Crippen molar-refractivity contribution in [3.63, 3.8) is 0 Å². The fourth-order valence-corrected chi connectivity index (χ4v) is 3.21. The second kappa shape index (κ2) is 8.71. The Bertz CT molecular complexity index is 998. The van der Waals surface area contributed by atoms with Crippen molar-refractivity contribution in [2.75, 3.05) is 0 Å². The first-order chi connectivity index (χ1) is 13.0. The lowest BCUT2D eigenvalue weighted by molar-refractivity contribution is 0.0929. The minimum absolute atomic E-state index is 0.143. The van der Waals surface area contributed by atoms with Crippen molar-refractivity contribution in [2.24, 2.45) is 5.10 Å². The largest absolute Gasteiger partial charge is 0.490 e. The topological polar surface area (TPSA) is 63.8 Å². The van der Waals surface area contributed by atoms with Gasteiger partial charge in [0.2, 0.25) is 0 Å². The van der Waals surface area contributed by atoms with Crippen LogP contribution in [0.4, 0.5) is 0 Å². The highest BCUT2D eigenvalue weighted by molar-refractivity contribution is 9.10. The summed E-state index contributed by atoms with van der Waals surface area (Å²) < 4.78 is 13.1. The number of halogens is 2. The first-order valence-corrected chi connectivity index (χ1v) is 10.0. The Morgan fingerprint density at radius 3 is 2.81 bits per heavy atom. The lowest BCUT2D eigenvalue weighted by Gasteiger charge is -2.14. The van der Waals surface area contributed by atoms with E-state index in [-0.39, 0.29) is 11.9 Å². The molecule has 3 aromatic rings. The molecular weight excluding hydrogens is 476 g/mol. The smallest absolute Gasteiger partial charge is 0.307 e. The van der Waals surface area contributed by atoms with Crippen LogP contribution in [0.1, 0.15) is 36.4 Å². The average molecular weight is 494 g/mol. The van der Waals surface area contributed by atoms with Crippen molar-refractivity contribution in [1.29, 1.82) is 0 Å². The molecule has 7 heteroatoms. The van der Waals surface area contributed by atoms with Gasteiger partial charge in [-0.2, -0.15) is 5.10 Å². The van der Waals surface area contributed by atoms with E-state index >= 15 is 0 Å². The van der Waals surface area contributed by atoms with Gasteiger partial charge < -0.3 is 9.15 Å². The van der Waals surface area contributed by atoms with Gasteiger partial charge in [0.05, 0.1) is 16.8 Å².